The van der Waals surface area contributed by atoms with Crippen LogP contribution in [0, 0.1) is 6.92 Å². The number of hydrogen-bond acceptors (Lipinski definition) is 4. The summed E-state index contributed by atoms with van der Waals surface area (Å²) < 4.78 is 26.9. The lowest BCUT2D eigenvalue weighted by atomic mass is 10.0. The van der Waals surface area contributed by atoms with Crippen LogP contribution in [0.15, 0.2) is 78.9 Å². The maximum Gasteiger partial charge on any atom is 0.244 e. The molecule has 0 unspecified atom stereocenters. The number of aryl methyl sites for hydroxylation is 1. The molecule has 1 aliphatic carbocycles. The number of carbonyl (C=O) groups excluding carboxylic acids is 2. The third kappa shape index (κ3) is 7.86. The van der Waals surface area contributed by atoms with Gasteiger partial charge in [-0.05, 0) is 48.6 Å². The number of amides is 2. The van der Waals surface area contributed by atoms with Gasteiger partial charge in [-0.25, -0.2) is 8.42 Å². The summed E-state index contributed by atoms with van der Waals surface area (Å²) in [4.78, 5) is 29.4. The van der Waals surface area contributed by atoms with Gasteiger partial charge in [0.25, 0.3) is 0 Å². The van der Waals surface area contributed by atoms with Crippen LogP contribution in [0.5, 0.6) is 0 Å². The Bertz CT molecular complexity index is 1410. The summed E-state index contributed by atoms with van der Waals surface area (Å²) in [7, 11) is -3.85. The highest BCUT2D eigenvalue weighted by Crippen LogP contribution is 2.26. The Morgan fingerprint density at radius 2 is 1.55 bits per heavy atom. The third-order valence-corrected chi connectivity index (χ3v) is 8.84. The van der Waals surface area contributed by atoms with Crippen LogP contribution in [0.4, 0.5) is 5.69 Å². The number of sulfonamides is 1. The van der Waals surface area contributed by atoms with E-state index >= 15 is 0 Å². The molecule has 0 heterocycles. The van der Waals surface area contributed by atoms with Crippen molar-refractivity contribution in [2.75, 3.05) is 17.1 Å². The van der Waals surface area contributed by atoms with Gasteiger partial charge in [0.05, 0.1) is 11.9 Å². The highest BCUT2D eigenvalue weighted by Gasteiger charge is 2.34. The maximum atomic E-state index is 14.1. The van der Waals surface area contributed by atoms with Gasteiger partial charge < -0.3 is 10.2 Å². The van der Waals surface area contributed by atoms with Crippen molar-refractivity contribution in [1.82, 2.24) is 10.2 Å². The first-order valence-electron chi connectivity index (χ1n) is 13.5. The molecule has 0 aliphatic heterocycles. The number of hydrogen-bond donors (Lipinski definition) is 1. The topological polar surface area (TPSA) is 86.8 Å². The first-order valence-corrected chi connectivity index (χ1v) is 15.8. The molecule has 3 aromatic carbocycles. The minimum Gasteiger partial charge on any atom is -0.352 e. The van der Waals surface area contributed by atoms with E-state index in [0.29, 0.717) is 17.1 Å². The van der Waals surface area contributed by atoms with Crippen molar-refractivity contribution in [2.45, 2.75) is 57.7 Å². The number of halogens is 1. The van der Waals surface area contributed by atoms with Gasteiger partial charge in [-0.2, -0.15) is 0 Å². The molecule has 1 aliphatic rings. The largest absolute Gasteiger partial charge is 0.352 e. The number of anilines is 1. The van der Waals surface area contributed by atoms with E-state index in [1.54, 1.807) is 18.2 Å². The van der Waals surface area contributed by atoms with Gasteiger partial charge in [0.1, 0.15) is 12.6 Å². The van der Waals surface area contributed by atoms with Gasteiger partial charge in [-0.15, -0.1) is 0 Å². The van der Waals surface area contributed by atoms with Crippen LogP contribution in [-0.4, -0.2) is 50.0 Å². The molecule has 9 heteroatoms. The van der Waals surface area contributed by atoms with Crippen molar-refractivity contribution in [3.8, 4) is 0 Å². The summed E-state index contributed by atoms with van der Waals surface area (Å²) in [6.45, 7) is 1.51. The minimum atomic E-state index is -3.85. The molecule has 1 N–H and O–H groups in total. The quantitative estimate of drug-likeness (QED) is 0.341. The zero-order chi connectivity index (χ0) is 28.7. The van der Waals surface area contributed by atoms with E-state index in [0.717, 1.165) is 52.9 Å². The second-order valence-corrected chi connectivity index (χ2v) is 12.7. The van der Waals surface area contributed by atoms with Crippen LogP contribution in [0.2, 0.25) is 5.02 Å². The van der Waals surface area contributed by atoms with E-state index in [9.17, 15) is 18.0 Å². The zero-order valence-electron chi connectivity index (χ0n) is 22.9. The average Bonchev–Trinajstić information content (AvgIpc) is 3.44. The Hall–Kier alpha value is -3.36. The van der Waals surface area contributed by atoms with Gasteiger partial charge >= 0.3 is 0 Å². The fourth-order valence-electron chi connectivity index (χ4n) is 5.05. The Balaban J connectivity index is 1.71. The predicted octanol–water partition coefficient (Wildman–Crippen LogP) is 5.11. The molecule has 40 heavy (non-hydrogen) atoms. The molecule has 0 saturated heterocycles. The molecule has 1 saturated carbocycles. The molecule has 0 aromatic heterocycles. The molecule has 1 fully saturated rings. The van der Waals surface area contributed by atoms with Crippen LogP contribution in [0.3, 0.4) is 0 Å². The van der Waals surface area contributed by atoms with Crippen LogP contribution in [0.1, 0.15) is 42.4 Å². The van der Waals surface area contributed by atoms with Gasteiger partial charge in [0, 0.05) is 24.0 Å². The number of nitrogens with zero attached hydrogens (tertiary/aromatic N) is 2. The molecule has 1 atom stereocenters. The Morgan fingerprint density at radius 1 is 0.950 bits per heavy atom. The first kappa shape index (κ1) is 29.6. The van der Waals surface area contributed by atoms with Gasteiger partial charge in [-0.3, -0.25) is 13.9 Å². The summed E-state index contributed by atoms with van der Waals surface area (Å²) in [5, 5.41) is 3.57. The Kier molecular flexibility index (Phi) is 9.87. The standard InChI is InChI=1S/C31H36ClN3O4S/c1-23-17-18-27(20-28(23)32)35(40(2,38)39)22-30(36)34(21-25-13-7-4-8-14-25)29(19-24-11-5-3-6-12-24)31(37)33-26-15-9-10-16-26/h3-8,11-14,17-18,20,26,29H,9-10,15-16,19,21-22H2,1-2H3,(H,33,37)/t29-/m0/s1. The SMILES string of the molecule is Cc1ccc(N(CC(=O)N(Cc2ccccc2)[C@@H](Cc2ccccc2)C(=O)NC2CCCC2)S(C)(=O)=O)cc1Cl. The Labute approximate surface area is 242 Å². The molecule has 3 aromatic rings. The molecule has 0 radical (unpaired) electrons. The minimum absolute atomic E-state index is 0.0710. The van der Waals surface area contributed by atoms with Crippen LogP contribution >= 0.6 is 11.6 Å². The van der Waals surface area contributed by atoms with Crippen LogP contribution in [-0.2, 0) is 32.6 Å². The van der Waals surface area contributed by atoms with Crippen molar-refractivity contribution < 1.29 is 18.0 Å². The van der Waals surface area contributed by atoms with E-state index < -0.39 is 28.5 Å². The van der Waals surface area contributed by atoms with Crippen molar-refractivity contribution in [1.29, 1.82) is 0 Å². The van der Waals surface area contributed by atoms with E-state index in [4.69, 9.17) is 11.6 Å². The van der Waals surface area contributed by atoms with Crippen molar-refractivity contribution in [3.05, 3.63) is 101 Å². The summed E-state index contributed by atoms with van der Waals surface area (Å²) in [5.41, 5.74) is 2.83. The number of benzene rings is 3. The Morgan fingerprint density at radius 3 is 2.12 bits per heavy atom. The smallest absolute Gasteiger partial charge is 0.244 e. The summed E-state index contributed by atoms with van der Waals surface area (Å²) >= 11 is 6.31. The molecule has 2 amide bonds. The van der Waals surface area contributed by atoms with Gasteiger partial charge in [-0.1, -0.05) is 91.2 Å². The summed E-state index contributed by atoms with van der Waals surface area (Å²) in [5.74, 6) is -0.710. The summed E-state index contributed by atoms with van der Waals surface area (Å²) in [6.07, 6.45) is 5.29. The van der Waals surface area contributed by atoms with E-state index in [1.807, 2.05) is 67.6 Å². The predicted molar refractivity (Wildman–Crippen MR) is 160 cm³/mol. The lowest BCUT2D eigenvalue weighted by Crippen LogP contribution is -2.54. The average molecular weight is 582 g/mol. The van der Waals surface area contributed by atoms with E-state index in [-0.39, 0.29) is 18.5 Å². The number of carbonyl (C=O) groups is 2. The van der Waals surface area contributed by atoms with Gasteiger partial charge in [0.15, 0.2) is 0 Å². The maximum absolute atomic E-state index is 14.1. The molecule has 0 bridgehead atoms. The highest BCUT2D eigenvalue weighted by molar-refractivity contribution is 7.92. The molecule has 4 rings (SSSR count). The second-order valence-electron chi connectivity index (χ2n) is 10.4. The van der Waals surface area contributed by atoms with E-state index in [1.165, 1.54) is 4.90 Å². The fraction of sp³-hybridized carbons (Fsp3) is 0.355. The highest BCUT2D eigenvalue weighted by atomic mass is 35.5. The van der Waals surface area contributed by atoms with E-state index in [2.05, 4.69) is 5.32 Å². The molecule has 212 valence electrons. The lowest BCUT2D eigenvalue weighted by molar-refractivity contribution is -0.140. The molecular weight excluding hydrogens is 546 g/mol. The number of rotatable bonds is 11. The van der Waals surface area contributed by atoms with Gasteiger partial charge in [0.2, 0.25) is 21.8 Å². The third-order valence-electron chi connectivity index (χ3n) is 7.29. The molecular formula is C31H36ClN3O4S. The van der Waals surface area contributed by atoms with Crippen LogP contribution in [0.25, 0.3) is 0 Å². The lowest BCUT2D eigenvalue weighted by Gasteiger charge is -2.34. The zero-order valence-corrected chi connectivity index (χ0v) is 24.5. The first-order chi connectivity index (χ1) is 19.1. The molecule has 7 nitrogen and oxygen atoms in total. The van der Waals surface area contributed by atoms with Crippen molar-refractivity contribution >= 4 is 39.1 Å². The normalized spacial score (nSPS) is 14.5. The second kappa shape index (κ2) is 13.3. The fourth-order valence-corrected chi connectivity index (χ4v) is 6.07. The number of nitrogens with one attached hydrogen (secondary N) is 1. The monoisotopic (exact) mass is 581 g/mol. The van der Waals surface area contributed by atoms with Crippen molar-refractivity contribution in [3.63, 3.8) is 0 Å². The molecule has 0 spiro atoms. The van der Waals surface area contributed by atoms with Crippen molar-refractivity contribution in [2.24, 2.45) is 0 Å². The van der Waals surface area contributed by atoms with Crippen LogP contribution < -0.4 is 9.62 Å². The summed E-state index contributed by atoms with van der Waals surface area (Å²) in [6, 6.07) is 23.1.